The number of benzene rings is 3. The molecule has 0 N–H and O–H groups in total. The first-order chi connectivity index (χ1) is 18.1. The first kappa shape index (κ1) is 24.3. The van der Waals surface area contributed by atoms with Gasteiger partial charge in [0.2, 0.25) is 5.89 Å². The molecule has 37 heavy (non-hydrogen) atoms. The quantitative estimate of drug-likeness (QED) is 0.304. The zero-order chi connectivity index (χ0) is 25.6. The standard InChI is InChI=1S/C28H27N3O6/c1-34-23-12-9-20(10-13-23)17-30-24-16-22(11-14-25(24)36-19-27(30)32)31-28(33)37-26(29-31)8-5-15-35-18-21-6-3-2-4-7-21/h2-4,6-7,9-14,16H,5,8,15,17-19H2,1H3. The van der Waals surface area contributed by atoms with Crippen molar-refractivity contribution in [3.05, 3.63) is 100 Å². The molecule has 9 nitrogen and oxygen atoms in total. The van der Waals surface area contributed by atoms with Crippen LogP contribution in [0.5, 0.6) is 11.5 Å². The fourth-order valence-electron chi connectivity index (χ4n) is 4.08. The molecular formula is C28H27N3O6. The number of carbonyl (C=O) groups excluding carboxylic acids is 1. The minimum absolute atomic E-state index is 0.0527. The van der Waals surface area contributed by atoms with Crippen molar-refractivity contribution in [1.82, 2.24) is 9.78 Å². The first-order valence-corrected chi connectivity index (χ1v) is 12.0. The van der Waals surface area contributed by atoms with Crippen LogP contribution in [0.4, 0.5) is 5.69 Å². The first-order valence-electron chi connectivity index (χ1n) is 12.0. The van der Waals surface area contributed by atoms with Crippen LogP contribution in [0.3, 0.4) is 0 Å². The number of fused-ring (bicyclic) bond motifs is 1. The normalized spacial score (nSPS) is 12.8. The van der Waals surface area contributed by atoms with Crippen molar-refractivity contribution in [2.24, 2.45) is 0 Å². The second-order valence-electron chi connectivity index (χ2n) is 8.58. The molecule has 0 fully saturated rings. The Morgan fingerprint density at radius 3 is 2.57 bits per heavy atom. The van der Waals surface area contributed by atoms with E-state index in [1.54, 1.807) is 30.2 Å². The second kappa shape index (κ2) is 11.1. The fourth-order valence-corrected chi connectivity index (χ4v) is 4.08. The zero-order valence-corrected chi connectivity index (χ0v) is 20.5. The van der Waals surface area contributed by atoms with Crippen LogP contribution in [0.15, 0.2) is 82.0 Å². The van der Waals surface area contributed by atoms with E-state index in [1.165, 1.54) is 4.68 Å². The Hall–Kier alpha value is -4.37. The van der Waals surface area contributed by atoms with E-state index in [0.29, 0.717) is 55.6 Å². The number of amides is 1. The maximum absolute atomic E-state index is 12.7. The highest BCUT2D eigenvalue weighted by molar-refractivity contribution is 5.98. The van der Waals surface area contributed by atoms with E-state index < -0.39 is 5.76 Å². The van der Waals surface area contributed by atoms with E-state index in [1.807, 2.05) is 54.6 Å². The van der Waals surface area contributed by atoms with Gasteiger partial charge in [0.15, 0.2) is 6.61 Å². The van der Waals surface area contributed by atoms with Crippen LogP contribution >= 0.6 is 0 Å². The van der Waals surface area contributed by atoms with E-state index in [0.717, 1.165) is 16.9 Å². The summed E-state index contributed by atoms with van der Waals surface area (Å²) < 4.78 is 23.1. The third-order valence-electron chi connectivity index (χ3n) is 6.01. The molecule has 0 aliphatic carbocycles. The molecule has 0 bridgehead atoms. The largest absolute Gasteiger partial charge is 0.497 e. The number of carbonyl (C=O) groups is 1. The van der Waals surface area contributed by atoms with Gasteiger partial charge in [-0.05, 0) is 47.9 Å². The van der Waals surface area contributed by atoms with Crippen molar-refractivity contribution < 1.29 is 23.4 Å². The number of ether oxygens (including phenoxy) is 3. The van der Waals surface area contributed by atoms with Crippen molar-refractivity contribution in [3.63, 3.8) is 0 Å². The van der Waals surface area contributed by atoms with Crippen LogP contribution in [0.25, 0.3) is 5.69 Å². The van der Waals surface area contributed by atoms with Gasteiger partial charge in [0.1, 0.15) is 11.5 Å². The molecule has 5 rings (SSSR count). The van der Waals surface area contributed by atoms with E-state index in [4.69, 9.17) is 18.6 Å². The van der Waals surface area contributed by atoms with Crippen molar-refractivity contribution in [2.45, 2.75) is 26.0 Å². The Morgan fingerprint density at radius 2 is 1.78 bits per heavy atom. The van der Waals surface area contributed by atoms with Gasteiger partial charge in [0, 0.05) is 13.0 Å². The van der Waals surface area contributed by atoms with Gasteiger partial charge in [-0.25, -0.2) is 4.79 Å². The SMILES string of the molecule is COc1ccc(CN2C(=O)COc3ccc(-n4nc(CCCOCc5ccccc5)oc4=O)cc32)cc1. The van der Waals surface area contributed by atoms with Crippen LogP contribution in [0.2, 0.25) is 0 Å². The van der Waals surface area contributed by atoms with Crippen molar-refractivity contribution in [3.8, 4) is 17.2 Å². The smallest absolute Gasteiger partial charge is 0.441 e. The molecule has 3 aromatic carbocycles. The summed E-state index contributed by atoms with van der Waals surface area (Å²) >= 11 is 0. The molecule has 0 spiro atoms. The average molecular weight is 502 g/mol. The van der Waals surface area contributed by atoms with Gasteiger partial charge >= 0.3 is 5.76 Å². The average Bonchev–Trinajstić information content (AvgIpc) is 3.31. The van der Waals surface area contributed by atoms with Gasteiger partial charge in [0.25, 0.3) is 5.91 Å². The lowest BCUT2D eigenvalue weighted by molar-refractivity contribution is -0.121. The Labute approximate surface area is 213 Å². The molecule has 4 aromatic rings. The molecule has 190 valence electrons. The molecule has 1 aliphatic heterocycles. The maximum Gasteiger partial charge on any atom is 0.441 e. The summed E-state index contributed by atoms with van der Waals surface area (Å²) in [7, 11) is 1.61. The number of hydrogen-bond acceptors (Lipinski definition) is 7. The lowest BCUT2D eigenvalue weighted by atomic mass is 10.1. The highest BCUT2D eigenvalue weighted by atomic mass is 16.5. The van der Waals surface area contributed by atoms with E-state index in [2.05, 4.69) is 5.10 Å². The van der Waals surface area contributed by atoms with Crippen LogP contribution in [0, 0.1) is 0 Å². The Morgan fingerprint density at radius 1 is 0.973 bits per heavy atom. The van der Waals surface area contributed by atoms with Crippen LogP contribution in [-0.4, -0.2) is 36.0 Å². The number of methoxy groups -OCH3 is 1. The van der Waals surface area contributed by atoms with Crippen molar-refractivity contribution in [2.75, 3.05) is 25.2 Å². The van der Waals surface area contributed by atoms with E-state index in [-0.39, 0.29) is 12.5 Å². The van der Waals surface area contributed by atoms with Gasteiger partial charge in [0.05, 0.1) is 31.6 Å². The van der Waals surface area contributed by atoms with Crippen molar-refractivity contribution >= 4 is 11.6 Å². The molecule has 0 saturated carbocycles. The maximum atomic E-state index is 12.7. The monoisotopic (exact) mass is 501 g/mol. The summed E-state index contributed by atoms with van der Waals surface area (Å²) in [5.74, 6) is 0.857. The third kappa shape index (κ3) is 5.73. The van der Waals surface area contributed by atoms with Crippen LogP contribution in [-0.2, 0) is 29.1 Å². The second-order valence-corrected chi connectivity index (χ2v) is 8.58. The molecule has 0 atom stereocenters. The molecule has 2 heterocycles. The molecule has 1 aromatic heterocycles. The summed E-state index contributed by atoms with van der Waals surface area (Å²) in [5.41, 5.74) is 3.09. The molecule has 9 heteroatoms. The van der Waals surface area contributed by atoms with Gasteiger partial charge < -0.3 is 23.5 Å². The number of hydrogen-bond donors (Lipinski definition) is 0. The highest BCUT2D eigenvalue weighted by Gasteiger charge is 2.27. The summed E-state index contributed by atoms with van der Waals surface area (Å²) in [6.07, 6.45) is 1.13. The van der Waals surface area contributed by atoms with Gasteiger partial charge in [-0.3, -0.25) is 4.79 Å². The molecule has 1 amide bonds. The van der Waals surface area contributed by atoms with E-state index >= 15 is 0 Å². The minimum Gasteiger partial charge on any atom is -0.497 e. The lowest BCUT2D eigenvalue weighted by Crippen LogP contribution is -2.38. The molecular weight excluding hydrogens is 474 g/mol. The van der Waals surface area contributed by atoms with E-state index in [9.17, 15) is 9.59 Å². The minimum atomic E-state index is -0.593. The zero-order valence-electron chi connectivity index (χ0n) is 20.5. The highest BCUT2D eigenvalue weighted by Crippen LogP contribution is 2.35. The Balaban J connectivity index is 1.27. The summed E-state index contributed by atoms with van der Waals surface area (Å²) in [5, 5.41) is 4.36. The molecule has 0 radical (unpaired) electrons. The van der Waals surface area contributed by atoms with Gasteiger partial charge in [-0.15, -0.1) is 5.10 Å². The lowest BCUT2D eigenvalue weighted by Gasteiger charge is -2.29. The number of rotatable bonds is 10. The number of aryl methyl sites for hydroxylation is 1. The summed E-state index contributed by atoms with van der Waals surface area (Å²) in [6, 6.07) is 22.6. The van der Waals surface area contributed by atoms with Gasteiger partial charge in [-0.1, -0.05) is 42.5 Å². The summed E-state index contributed by atoms with van der Waals surface area (Å²) in [6.45, 7) is 1.35. The topological polar surface area (TPSA) is 96.0 Å². The molecule has 1 aliphatic rings. The predicted molar refractivity (Wildman–Crippen MR) is 136 cm³/mol. The number of aromatic nitrogens is 2. The van der Waals surface area contributed by atoms with Crippen LogP contribution in [0.1, 0.15) is 23.4 Å². The predicted octanol–water partition coefficient (Wildman–Crippen LogP) is 3.91. The third-order valence-corrected chi connectivity index (χ3v) is 6.01. The molecule has 0 unspecified atom stereocenters. The van der Waals surface area contributed by atoms with Gasteiger partial charge in [-0.2, -0.15) is 4.68 Å². The Bertz CT molecular complexity index is 1410. The Kier molecular flexibility index (Phi) is 7.32. The summed E-state index contributed by atoms with van der Waals surface area (Å²) in [4.78, 5) is 26.9. The number of anilines is 1. The number of nitrogens with zero attached hydrogens (tertiary/aromatic N) is 3. The fraction of sp³-hybridized carbons (Fsp3) is 0.250. The van der Waals surface area contributed by atoms with Crippen molar-refractivity contribution in [1.29, 1.82) is 0 Å². The molecule has 0 saturated heterocycles. The van der Waals surface area contributed by atoms with Crippen LogP contribution < -0.4 is 20.1 Å².